The van der Waals surface area contributed by atoms with Crippen molar-refractivity contribution in [1.82, 2.24) is 4.98 Å². The van der Waals surface area contributed by atoms with Crippen LogP contribution in [0.4, 0.5) is 4.39 Å². The summed E-state index contributed by atoms with van der Waals surface area (Å²) < 4.78 is 18.8. The predicted octanol–water partition coefficient (Wildman–Crippen LogP) is 1.09. The molecule has 0 radical (unpaired) electrons. The lowest BCUT2D eigenvalue weighted by Gasteiger charge is -2.04. The molecule has 0 saturated heterocycles. The second-order valence-corrected chi connectivity index (χ2v) is 4.69. The average molecular weight is 267 g/mol. The van der Waals surface area contributed by atoms with E-state index in [1.165, 1.54) is 30.2 Å². The first-order valence-corrected chi connectivity index (χ1v) is 6.24. The Bertz CT molecular complexity index is 547. The standard InChI is InChI=1S/C11H11BFNO3S/c1-7-5-17-11(14-7)18-6-8-2-3-9(12(15)16)4-10(8)13/h2-5,15-16H,6H2,1H3. The number of aryl methyl sites for hydroxylation is 1. The van der Waals surface area contributed by atoms with Crippen molar-refractivity contribution in [2.75, 3.05) is 0 Å². The molecule has 0 aliphatic rings. The summed E-state index contributed by atoms with van der Waals surface area (Å²) in [6.45, 7) is 1.81. The zero-order valence-electron chi connectivity index (χ0n) is 9.63. The van der Waals surface area contributed by atoms with Crippen LogP contribution in [0.1, 0.15) is 11.3 Å². The summed E-state index contributed by atoms with van der Waals surface area (Å²) >= 11 is 1.28. The van der Waals surface area contributed by atoms with Crippen molar-refractivity contribution in [1.29, 1.82) is 0 Å². The van der Waals surface area contributed by atoms with Crippen LogP contribution in [-0.2, 0) is 5.75 Å². The van der Waals surface area contributed by atoms with Gasteiger partial charge >= 0.3 is 7.12 Å². The molecule has 2 aromatic rings. The average Bonchev–Trinajstić information content (AvgIpc) is 2.73. The van der Waals surface area contributed by atoms with Gasteiger partial charge in [0.2, 0.25) is 0 Å². The largest absolute Gasteiger partial charge is 0.488 e. The number of hydrogen-bond donors (Lipinski definition) is 2. The molecule has 94 valence electrons. The normalized spacial score (nSPS) is 10.7. The first kappa shape index (κ1) is 13.1. The van der Waals surface area contributed by atoms with Gasteiger partial charge in [0.15, 0.2) is 0 Å². The van der Waals surface area contributed by atoms with Gasteiger partial charge in [0.05, 0.1) is 5.69 Å². The number of benzene rings is 1. The molecule has 1 aromatic heterocycles. The highest BCUT2D eigenvalue weighted by Gasteiger charge is 2.14. The fraction of sp³-hybridized carbons (Fsp3) is 0.182. The maximum absolute atomic E-state index is 13.6. The zero-order chi connectivity index (χ0) is 13.1. The lowest BCUT2D eigenvalue weighted by Crippen LogP contribution is -2.30. The minimum Gasteiger partial charge on any atom is -0.440 e. The first-order chi connectivity index (χ1) is 8.56. The van der Waals surface area contributed by atoms with E-state index in [0.717, 1.165) is 11.8 Å². The van der Waals surface area contributed by atoms with Gasteiger partial charge in [0.25, 0.3) is 5.22 Å². The Hall–Kier alpha value is -1.31. The second-order valence-electron chi connectivity index (χ2n) is 3.77. The molecule has 0 amide bonds. The van der Waals surface area contributed by atoms with Gasteiger partial charge in [-0.25, -0.2) is 9.37 Å². The van der Waals surface area contributed by atoms with Crippen molar-refractivity contribution in [3.05, 3.63) is 41.5 Å². The molecule has 0 unspecified atom stereocenters. The van der Waals surface area contributed by atoms with Crippen molar-refractivity contribution >= 4 is 24.3 Å². The lowest BCUT2D eigenvalue weighted by molar-refractivity contribution is 0.425. The maximum Gasteiger partial charge on any atom is 0.488 e. The van der Waals surface area contributed by atoms with Crippen molar-refractivity contribution in [3.8, 4) is 0 Å². The van der Waals surface area contributed by atoms with Crippen LogP contribution in [0.5, 0.6) is 0 Å². The summed E-state index contributed by atoms with van der Waals surface area (Å²) in [5, 5.41) is 18.3. The van der Waals surface area contributed by atoms with Gasteiger partial charge < -0.3 is 14.5 Å². The highest BCUT2D eigenvalue weighted by Crippen LogP contribution is 2.22. The molecule has 4 nitrogen and oxygen atoms in total. The smallest absolute Gasteiger partial charge is 0.440 e. The van der Waals surface area contributed by atoms with Gasteiger partial charge in [-0.3, -0.25) is 0 Å². The third-order valence-electron chi connectivity index (χ3n) is 2.32. The summed E-state index contributed by atoms with van der Waals surface area (Å²) in [7, 11) is -1.66. The van der Waals surface area contributed by atoms with E-state index < -0.39 is 12.9 Å². The van der Waals surface area contributed by atoms with E-state index in [2.05, 4.69) is 4.98 Å². The highest BCUT2D eigenvalue weighted by molar-refractivity contribution is 7.98. The number of hydrogen-bond acceptors (Lipinski definition) is 5. The molecule has 0 aliphatic heterocycles. The van der Waals surface area contributed by atoms with Gasteiger partial charge in [-0.15, -0.1) is 0 Å². The number of aromatic nitrogens is 1. The van der Waals surface area contributed by atoms with Crippen LogP contribution in [0.3, 0.4) is 0 Å². The van der Waals surface area contributed by atoms with Crippen LogP contribution >= 0.6 is 11.8 Å². The van der Waals surface area contributed by atoms with Gasteiger partial charge in [-0.05, 0) is 24.0 Å². The minimum atomic E-state index is -1.66. The summed E-state index contributed by atoms with van der Waals surface area (Å²) in [5.74, 6) is -0.107. The monoisotopic (exact) mass is 267 g/mol. The Morgan fingerprint density at radius 1 is 1.44 bits per heavy atom. The number of thioether (sulfide) groups is 1. The SMILES string of the molecule is Cc1coc(SCc2ccc(B(O)O)cc2F)n1. The highest BCUT2D eigenvalue weighted by atomic mass is 32.2. The van der Waals surface area contributed by atoms with Crippen LogP contribution in [0.2, 0.25) is 0 Å². The van der Waals surface area contributed by atoms with Crippen molar-refractivity contribution < 1.29 is 18.9 Å². The molecule has 1 heterocycles. The predicted molar refractivity (Wildman–Crippen MR) is 67.0 cm³/mol. The maximum atomic E-state index is 13.6. The van der Waals surface area contributed by atoms with Gasteiger partial charge in [0.1, 0.15) is 12.1 Å². The van der Waals surface area contributed by atoms with Crippen molar-refractivity contribution in [2.24, 2.45) is 0 Å². The molecular formula is C11H11BFNO3S. The Labute approximate surface area is 108 Å². The molecule has 0 bridgehead atoms. The topological polar surface area (TPSA) is 66.5 Å². The van der Waals surface area contributed by atoms with Gasteiger partial charge in [-0.2, -0.15) is 0 Å². The van der Waals surface area contributed by atoms with Gasteiger partial charge in [0, 0.05) is 5.75 Å². The minimum absolute atomic E-state index is 0.133. The molecule has 0 fully saturated rings. The number of rotatable bonds is 4. The summed E-state index contributed by atoms with van der Waals surface area (Å²) in [6.07, 6.45) is 1.53. The van der Waals surface area contributed by atoms with Crippen LogP contribution in [0.25, 0.3) is 0 Å². The van der Waals surface area contributed by atoms with E-state index in [1.807, 2.05) is 6.92 Å². The van der Waals surface area contributed by atoms with E-state index in [4.69, 9.17) is 14.5 Å². The molecule has 7 heteroatoms. The van der Waals surface area contributed by atoms with E-state index in [0.29, 0.717) is 16.5 Å². The van der Waals surface area contributed by atoms with E-state index in [9.17, 15) is 4.39 Å². The van der Waals surface area contributed by atoms with Crippen molar-refractivity contribution in [2.45, 2.75) is 17.9 Å². The molecule has 1 aromatic carbocycles. The van der Waals surface area contributed by atoms with Crippen LogP contribution in [0, 0.1) is 12.7 Å². The molecular weight excluding hydrogens is 256 g/mol. The number of nitrogens with zero attached hydrogens (tertiary/aromatic N) is 1. The molecule has 2 rings (SSSR count). The van der Waals surface area contributed by atoms with Crippen LogP contribution < -0.4 is 5.46 Å². The second kappa shape index (κ2) is 5.56. The first-order valence-electron chi connectivity index (χ1n) is 5.25. The third kappa shape index (κ3) is 3.13. The fourth-order valence-corrected chi connectivity index (χ4v) is 2.22. The van der Waals surface area contributed by atoms with E-state index in [-0.39, 0.29) is 5.46 Å². The van der Waals surface area contributed by atoms with Gasteiger partial charge in [-0.1, -0.05) is 23.9 Å². The quantitative estimate of drug-likeness (QED) is 0.641. The summed E-state index contributed by atoms with van der Waals surface area (Å²) in [6, 6.07) is 4.11. The van der Waals surface area contributed by atoms with E-state index >= 15 is 0 Å². The lowest BCUT2D eigenvalue weighted by atomic mass is 9.80. The van der Waals surface area contributed by atoms with Crippen molar-refractivity contribution in [3.63, 3.8) is 0 Å². The Kier molecular flexibility index (Phi) is 4.06. The van der Waals surface area contributed by atoms with Crippen LogP contribution in [0.15, 0.2) is 34.1 Å². The number of halogens is 1. The Morgan fingerprint density at radius 3 is 2.78 bits per heavy atom. The number of oxazole rings is 1. The fourth-order valence-electron chi connectivity index (χ4n) is 1.38. The van der Waals surface area contributed by atoms with E-state index in [1.54, 1.807) is 0 Å². The summed E-state index contributed by atoms with van der Waals surface area (Å²) in [4.78, 5) is 4.10. The molecule has 0 aliphatic carbocycles. The Balaban J connectivity index is 2.05. The zero-order valence-corrected chi connectivity index (χ0v) is 10.4. The molecule has 18 heavy (non-hydrogen) atoms. The molecule has 2 N–H and O–H groups in total. The third-order valence-corrected chi connectivity index (χ3v) is 3.21. The van der Waals surface area contributed by atoms with Crippen LogP contribution in [-0.4, -0.2) is 22.2 Å². The molecule has 0 saturated carbocycles. The molecule has 0 spiro atoms. The Morgan fingerprint density at radius 2 is 2.22 bits per heavy atom. The molecule has 0 atom stereocenters. The summed E-state index contributed by atoms with van der Waals surface area (Å²) in [5.41, 5.74) is 1.37.